The summed E-state index contributed by atoms with van der Waals surface area (Å²) in [6.07, 6.45) is -0.325. The molecule has 0 saturated heterocycles. The third kappa shape index (κ3) is 5.71. The van der Waals surface area contributed by atoms with Gasteiger partial charge in [-0.1, -0.05) is 66.2 Å². The van der Waals surface area contributed by atoms with E-state index >= 15 is 0 Å². The largest absolute Gasteiger partial charge is 0.413 e. The zero-order valence-corrected chi connectivity index (χ0v) is 15.6. The van der Waals surface area contributed by atoms with Crippen molar-refractivity contribution in [1.82, 2.24) is 5.32 Å². The standard InChI is InChI=1S/C23H22N2O3/c1-17-12-14-19(15-13-17)24-22(26)21(16-18-8-4-2-5-9-18)25-23(27)28-20-10-6-3-7-11-20/h2-15,21H,16H2,1H3,(H,24,26)(H,25,27)/t21-/m1/s1. The van der Waals surface area contributed by atoms with Gasteiger partial charge < -0.3 is 15.4 Å². The van der Waals surface area contributed by atoms with E-state index in [0.717, 1.165) is 11.1 Å². The molecule has 0 bridgehead atoms. The molecule has 0 spiro atoms. The number of amides is 2. The van der Waals surface area contributed by atoms with Crippen LogP contribution in [0.25, 0.3) is 0 Å². The SMILES string of the molecule is Cc1ccc(NC(=O)[C@@H](Cc2ccccc2)NC(=O)Oc2ccccc2)cc1. The monoisotopic (exact) mass is 374 g/mol. The Hall–Kier alpha value is -3.60. The number of carbonyl (C=O) groups excluding carboxylic acids is 2. The van der Waals surface area contributed by atoms with E-state index < -0.39 is 12.1 Å². The molecule has 142 valence electrons. The van der Waals surface area contributed by atoms with Crippen LogP contribution in [0.5, 0.6) is 5.75 Å². The smallest absolute Gasteiger partial charge is 0.410 e. The molecule has 0 aliphatic rings. The van der Waals surface area contributed by atoms with E-state index in [1.165, 1.54) is 0 Å². The first kappa shape index (κ1) is 19.2. The third-order valence-corrected chi connectivity index (χ3v) is 4.16. The van der Waals surface area contributed by atoms with Crippen molar-refractivity contribution < 1.29 is 14.3 Å². The van der Waals surface area contributed by atoms with Gasteiger partial charge in [-0.2, -0.15) is 0 Å². The molecule has 0 radical (unpaired) electrons. The molecule has 0 aliphatic heterocycles. The minimum Gasteiger partial charge on any atom is -0.410 e. The molecule has 28 heavy (non-hydrogen) atoms. The topological polar surface area (TPSA) is 67.4 Å². The summed E-state index contributed by atoms with van der Waals surface area (Å²) in [7, 11) is 0. The molecular weight excluding hydrogens is 352 g/mol. The number of carbonyl (C=O) groups is 2. The van der Waals surface area contributed by atoms with Gasteiger partial charge in [0.25, 0.3) is 0 Å². The molecule has 5 nitrogen and oxygen atoms in total. The quantitative estimate of drug-likeness (QED) is 0.675. The number of nitrogens with one attached hydrogen (secondary N) is 2. The fourth-order valence-electron chi connectivity index (χ4n) is 2.69. The summed E-state index contributed by atoms with van der Waals surface area (Å²) in [5.41, 5.74) is 2.71. The Balaban J connectivity index is 1.71. The first-order valence-electron chi connectivity index (χ1n) is 9.05. The Bertz CT molecular complexity index is 910. The average molecular weight is 374 g/mol. The number of anilines is 1. The van der Waals surface area contributed by atoms with Gasteiger partial charge in [-0.15, -0.1) is 0 Å². The highest BCUT2D eigenvalue weighted by Crippen LogP contribution is 2.12. The summed E-state index contributed by atoms with van der Waals surface area (Å²) in [4.78, 5) is 25.1. The lowest BCUT2D eigenvalue weighted by Gasteiger charge is -2.18. The molecule has 3 rings (SSSR count). The van der Waals surface area contributed by atoms with Gasteiger partial charge in [0.2, 0.25) is 5.91 Å². The summed E-state index contributed by atoms with van der Waals surface area (Å²) in [5, 5.41) is 5.52. The molecule has 0 aromatic heterocycles. The van der Waals surface area contributed by atoms with Gasteiger partial charge in [0.1, 0.15) is 11.8 Å². The van der Waals surface area contributed by atoms with Gasteiger partial charge in [-0.25, -0.2) is 4.79 Å². The van der Waals surface area contributed by atoms with Crippen LogP contribution in [-0.2, 0) is 11.2 Å². The molecule has 0 unspecified atom stereocenters. The Kier molecular flexibility index (Phi) is 6.41. The molecule has 0 heterocycles. The van der Waals surface area contributed by atoms with E-state index in [9.17, 15) is 9.59 Å². The minimum atomic E-state index is -0.778. The van der Waals surface area contributed by atoms with Crippen molar-refractivity contribution in [2.75, 3.05) is 5.32 Å². The highest BCUT2D eigenvalue weighted by Gasteiger charge is 2.22. The Morgan fingerprint density at radius 2 is 1.46 bits per heavy atom. The van der Waals surface area contributed by atoms with E-state index in [0.29, 0.717) is 17.9 Å². The fourth-order valence-corrected chi connectivity index (χ4v) is 2.69. The van der Waals surface area contributed by atoms with Crippen LogP contribution in [0.1, 0.15) is 11.1 Å². The van der Waals surface area contributed by atoms with Crippen LogP contribution in [0, 0.1) is 6.92 Å². The molecule has 2 amide bonds. The van der Waals surface area contributed by atoms with Crippen LogP contribution in [-0.4, -0.2) is 18.0 Å². The Morgan fingerprint density at radius 3 is 2.11 bits per heavy atom. The zero-order chi connectivity index (χ0) is 19.8. The average Bonchev–Trinajstić information content (AvgIpc) is 2.71. The summed E-state index contributed by atoms with van der Waals surface area (Å²) in [6, 6.07) is 25.0. The first-order valence-corrected chi connectivity index (χ1v) is 9.05. The van der Waals surface area contributed by atoms with Crippen LogP contribution >= 0.6 is 0 Å². The lowest BCUT2D eigenvalue weighted by Crippen LogP contribution is -2.46. The fraction of sp³-hybridized carbons (Fsp3) is 0.130. The second-order valence-electron chi connectivity index (χ2n) is 6.44. The van der Waals surface area contributed by atoms with Crippen LogP contribution in [0.2, 0.25) is 0 Å². The maximum atomic E-state index is 12.8. The van der Waals surface area contributed by atoms with Crippen molar-refractivity contribution in [1.29, 1.82) is 0 Å². The summed E-state index contributed by atoms with van der Waals surface area (Å²) in [6.45, 7) is 1.98. The Labute approximate surface area is 164 Å². The second-order valence-corrected chi connectivity index (χ2v) is 6.44. The van der Waals surface area contributed by atoms with E-state index in [1.54, 1.807) is 24.3 Å². The summed E-state index contributed by atoms with van der Waals surface area (Å²) >= 11 is 0. The lowest BCUT2D eigenvalue weighted by molar-refractivity contribution is -0.118. The van der Waals surface area contributed by atoms with E-state index in [2.05, 4.69) is 10.6 Å². The predicted molar refractivity (Wildman–Crippen MR) is 109 cm³/mol. The molecule has 1 atom stereocenters. The van der Waals surface area contributed by atoms with Crippen molar-refractivity contribution >= 4 is 17.7 Å². The summed E-state index contributed by atoms with van der Waals surface area (Å²) < 4.78 is 5.27. The Morgan fingerprint density at radius 1 is 0.857 bits per heavy atom. The lowest BCUT2D eigenvalue weighted by atomic mass is 10.1. The summed E-state index contributed by atoms with van der Waals surface area (Å²) in [5.74, 6) is 0.107. The van der Waals surface area contributed by atoms with Gasteiger partial charge in [-0.3, -0.25) is 4.79 Å². The zero-order valence-electron chi connectivity index (χ0n) is 15.6. The molecule has 5 heteroatoms. The number of rotatable bonds is 6. The van der Waals surface area contributed by atoms with Gasteiger partial charge in [0.15, 0.2) is 0 Å². The molecule has 3 aromatic carbocycles. The molecule has 0 aliphatic carbocycles. The predicted octanol–water partition coefficient (Wildman–Crippen LogP) is 4.33. The number of benzene rings is 3. The van der Waals surface area contributed by atoms with Gasteiger partial charge in [-0.05, 0) is 36.8 Å². The molecule has 2 N–H and O–H groups in total. The number of para-hydroxylation sites is 1. The van der Waals surface area contributed by atoms with Crippen molar-refractivity contribution in [2.24, 2.45) is 0 Å². The number of hydrogen-bond donors (Lipinski definition) is 2. The van der Waals surface area contributed by atoms with E-state index in [4.69, 9.17) is 4.74 Å². The van der Waals surface area contributed by atoms with Crippen LogP contribution < -0.4 is 15.4 Å². The van der Waals surface area contributed by atoms with E-state index in [-0.39, 0.29) is 5.91 Å². The molecular formula is C23H22N2O3. The van der Waals surface area contributed by atoms with Crippen LogP contribution in [0.15, 0.2) is 84.9 Å². The van der Waals surface area contributed by atoms with Gasteiger partial charge >= 0.3 is 6.09 Å². The van der Waals surface area contributed by atoms with Gasteiger partial charge in [0, 0.05) is 12.1 Å². The highest BCUT2D eigenvalue weighted by molar-refractivity contribution is 5.96. The van der Waals surface area contributed by atoms with Crippen molar-refractivity contribution in [2.45, 2.75) is 19.4 Å². The van der Waals surface area contributed by atoms with Crippen molar-refractivity contribution in [3.8, 4) is 5.75 Å². The van der Waals surface area contributed by atoms with Crippen LogP contribution in [0.4, 0.5) is 10.5 Å². The first-order chi connectivity index (χ1) is 13.6. The minimum absolute atomic E-state index is 0.308. The normalized spacial score (nSPS) is 11.3. The number of aryl methyl sites for hydroxylation is 1. The maximum absolute atomic E-state index is 12.8. The second kappa shape index (κ2) is 9.37. The highest BCUT2D eigenvalue weighted by atomic mass is 16.6. The molecule has 0 fully saturated rings. The van der Waals surface area contributed by atoms with Crippen molar-refractivity contribution in [3.05, 3.63) is 96.1 Å². The molecule has 3 aromatic rings. The third-order valence-electron chi connectivity index (χ3n) is 4.16. The van der Waals surface area contributed by atoms with E-state index in [1.807, 2.05) is 67.6 Å². The number of hydrogen-bond acceptors (Lipinski definition) is 3. The molecule has 0 saturated carbocycles. The maximum Gasteiger partial charge on any atom is 0.413 e. The van der Waals surface area contributed by atoms with Gasteiger partial charge in [0.05, 0.1) is 0 Å². The van der Waals surface area contributed by atoms with Crippen LogP contribution in [0.3, 0.4) is 0 Å². The number of ether oxygens (including phenoxy) is 1. The van der Waals surface area contributed by atoms with Crippen molar-refractivity contribution in [3.63, 3.8) is 0 Å².